The lowest BCUT2D eigenvalue weighted by molar-refractivity contribution is -0.123. The molecule has 0 aliphatic heterocycles. The van der Waals surface area contributed by atoms with Gasteiger partial charge in [0.2, 0.25) is 0 Å². The van der Waals surface area contributed by atoms with Gasteiger partial charge in [-0.1, -0.05) is 34.8 Å². The first-order valence-electron chi connectivity index (χ1n) is 6.58. The molecule has 10 heteroatoms. The zero-order chi connectivity index (χ0) is 18.6. The van der Waals surface area contributed by atoms with Crippen LogP contribution < -0.4 is 10.2 Å². The smallest absolute Gasteiger partial charge is 0.277 e. The molecular formula is C15H10BrCl3N2O4. The fourth-order valence-corrected chi connectivity index (χ4v) is 3.09. The van der Waals surface area contributed by atoms with E-state index in [1.165, 1.54) is 30.5 Å². The van der Waals surface area contributed by atoms with Crippen molar-refractivity contribution < 1.29 is 19.7 Å². The minimum Gasteiger partial charge on any atom is -0.504 e. The number of nitrogens with zero attached hydrogens (tertiary/aromatic N) is 1. The Morgan fingerprint density at radius 3 is 2.44 bits per heavy atom. The van der Waals surface area contributed by atoms with Crippen LogP contribution in [0.3, 0.4) is 0 Å². The molecular weight excluding hydrogens is 458 g/mol. The highest BCUT2D eigenvalue weighted by Gasteiger charge is 2.11. The first kappa shape index (κ1) is 19.7. The second kappa shape index (κ2) is 8.62. The summed E-state index contributed by atoms with van der Waals surface area (Å²) in [5, 5.41) is 23.3. The van der Waals surface area contributed by atoms with Gasteiger partial charge in [-0.3, -0.25) is 4.79 Å². The fourth-order valence-electron chi connectivity index (χ4n) is 1.70. The van der Waals surface area contributed by atoms with Gasteiger partial charge in [-0.15, -0.1) is 0 Å². The van der Waals surface area contributed by atoms with Gasteiger partial charge in [-0.25, -0.2) is 5.43 Å². The molecule has 0 spiro atoms. The highest BCUT2D eigenvalue weighted by molar-refractivity contribution is 9.10. The molecule has 0 heterocycles. The Morgan fingerprint density at radius 2 is 1.84 bits per heavy atom. The third-order valence-electron chi connectivity index (χ3n) is 2.78. The molecule has 0 aromatic heterocycles. The molecule has 0 atom stereocenters. The van der Waals surface area contributed by atoms with Gasteiger partial charge < -0.3 is 14.9 Å². The highest BCUT2D eigenvalue weighted by atomic mass is 79.9. The molecule has 2 rings (SSSR count). The second-order valence-corrected chi connectivity index (χ2v) is 6.76. The molecule has 6 nitrogen and oxygen atoms in total. The zero-order valence-corrected chi connectivity index (χ0v) is 16.1. The second-order valence-electron chi connectivity index (χ2n) is 4.65. The maximum absolute atomic E-state index is 11.7. The van der Waals surface area contributed by atoms with Gasteiger partial charge in [0.05, 0.1) is 20.7 Å². The van der Waals surface area contributed by atoms with Crippen molar-refractivity contribution >= 4 is 62.9 Å². The highest BCUT2D eigenvalue weighted by Crippen LogP contribution is 2.36. The standard InChI is InChI=1S/C15H10BrCl3N2O4/c16-9-1-7(2-12(22)14(9)24)5-20-21-13(23)6-25-15-10(18)3-8(17)4-11(15)19/h1-5,22,24H,6H2,(H,21,23). The van der Waals surface area contributed by atoms with E-state index in [1.807, 2.05) is 0 Å². The Hall–Kier alpha value is -1.67. The van der Waals surface area contributed by atoms with E-state index >= 15 is 0 Å². The molecule has 0 saturated carbocycles. The molecule has 0 aliphatic carbocycles. The topological polar surface area (TPSA) is 91.2 Å². The van der Waals surface area contributed by atoms with Crippen LogP contribution in [0.15, 0.2) is 33.8 Å². The van der Waals surface area contributed by atoms with Gasteiger partial charge in [-0.05, 0) is 45.8 Å². The summed E-state index contributed by atoms with van der Waals surface area (Å²) in [6, 6.07) is 5.67. The van der Waals surface area contributed by atoms with Crippen LogP contribution in [0.25, 0.3) is 0 Å². The lowest BCUT2D eigenvalue weighted by atomic mass is 10.2. The lowest BCUT2D eigenvalue weighted by Crippen LogP contribution is -2.24. The summed E-state index contributed by atoms with van der Waals surface area (Å²) in [6.45, 7) is -0.372. The SMILES string of the molecule is O=C(COc1c(Cl)cc(Cl)cc1Cl)NN=Cc1cc(O)c(O)c(Br)c1. The Labute approximate surface area is 166 Å². The largest absolute Gasteiger partial charge is 0.504 e. The number of amides is 1. The van der Waals surface area contributed by atoms with E-state index < -0.39 is 5.91 Å². The van der Waals surface area contributed by atoms with E-state index in [-0.39, 0.29) is 38.4 Å². The number of phenolic OH excluding ortho intramolecular Hbond substituents is 2. The number of halogens is 4. The molecule has 0 aliphatic rings. The van der Waals surface area contributed by atoms with Crippen LogP contribution >= 0.6 is 50.7 Å². The summed E-state index contributed by atoms with van der Waals surface area (Å²) >= 11 is 20.7. The average Bonchev–Trinajstić information content (AvgIpc) is 2.51. The Bertz CT molecular complexity index is 800. The summed E-state index contributed by atoms with van der Waals surface area (Å²) in [4.78, 5) is 11.7. The predicted octanol–water partition coefficient (Wildman–Crippen LogP) is 4.35. The van der Waals surface area contributed by atoms with Crippen molar-refractivity contribution in [3.8, 4) is 17.2 Å². The number of hydrogen-bond acceptors (Lipinski definition) is 5. The van der Waals surface area contributed by atoms with Gasteiger partial charge in [0, 0.05) is 5.02 Å². The van der Waals surface area contributed by atoms with Crippen molar-refractivity contribution in [1.29, 1.82) is 0 Å². The third-order valence-corrected chi connectivity index (χ3v) is 4.16. The molecule has 0 radical (unpaired) electrons. The number of aromatic hydroxyl groups is 2. The van der Waals surface area contributed by atoms with Gasteiger partial charge >= 0.3 is 0 Å². The van der Waals surface area contributed by atoms with E-state index in [1.54, 1.807) is 0 Å². The Balaban J connectivity index is 1.93. The number of rotatable bonds is 5. The molecule has 0 fully saturated rings. The first-order chi connectivity index (χ1) is 11.8. The van der Waals surface area contributed by atoms with Gasteiger partial charge in [0.15, 0.2) is 23.9 Å². The van der Waals surface area contributed by atoms with Crippen LogP contribution in [0.2, 0.25) is 15.1 Å². The lowest BCUT2D eigenvalue weighted by Gasteiger charge is -2.09. The number of hydrogen-bond donors (Lipinski definition) is 3. The maximum atomic E-state index is 11.7. The van der Waals surface area contributed by atoms with E-state index in [0.29, 0.717) is 10.6 Å². The van der Waals surface area contributed by atoms with Gasteiger partial charge in [0.25, 0.3) is 5.91 Å². The van der Waals surface area contributed by atoms with Crippen LogP contribution in [0.5, 0.6) is 17.2 Å². The van der Waals surface area contributed by atoms with E-state index in [2.05, 4.69) is 26.5 Å². The maximum Gasteiger partial charge on any atom is 0.277 e. The molecule has 3 N–H and O–H groups in total. The van der Waals surface area contributed by atoms with Crippen molar-refractivity contribution in [2.75, 3.05) is 6.61 Å². The minimum absolute atomic E-state index is 0.138. The molecule has 132 valence electrons. The van der Waals surface area contributed by atoms with Crippen LogP contribution in [-0.2, 0) is 4.79 Å². The van der Waals surface area contributed by atoms with Crippen molar-refractivity contribution in [2.45, 2.75) is 0 Å². The van der Waals surface area contributed by atoms with Crippen LogP contribution in [0, 0.1) is 0 Å². The number of hydrazone groups is 1. The quantitative estimate of drug-likeness (QED) is 0.346. The molecule has 0 saturated heterocycles. The third kappa shape index (κ3) is 5.40. The molecule has 25 heavy (non-hydrogen) atoms. The minimum atomic E-state index is -0.555. The van der Waals surface area contributed by atoms with E-state index in [4.69, 9.17) is 39.5 Å². The number of carbonyl (C=O) groups is 1. The van der Waals surface area contributed by atoms with Crippen molar-refractivity contribution in [2.24, 2.45) is 5.10 Å². The molecule has 2 aromatic rings. The summed E-state index contributed by atoms with van der Waals surface area (Å²) in [7, 11) is 0. The van der Waals surface area contributed by atoms with Crippen LogP contribution in [0.1, 0.15) is 5.56 Å². The number of phenols is 2. The monoisotopic (exact) mass is 466 g/mol. The number of carbonyl (C=O) groups excluding carboxylic acids is 1. The Kier molecular flexibility index (Phi) is 6.78. The molecule has 2 aromatic carbocycles. The van der Waals surface area contributed by atoms with Crippen molar-refractivity contribution in [1.82, 2.24) is 5.43 Å². The summed E-state index contributed by atoms with van der Waals surface area (Å²) in [5.74, 6) is -1.02. The van der Waals surface area contributed by atoms with E-state index in [9.17, 15) is 15.0 Å². The fraction of sp³-hybridized carbons (Fsp3) is 0.0667. The van der Waals surface area contributed by atoms with Crippen LogP contribution in [0.4, 0.5) is 0 Å². The number of ether oxygens (including phenoxy) is 1. The first-order valence-corrected chi connectivity index (χ1v) is 8.51. The van der Waals surface area contributed by atoms with Crippen LogP contribution in [-0.4, -0.2) is 28.9 Å². The van der Waals surface area contributed by atoms with Gasteiger partial charge in [-0.2, -0.15) is 5.10 Å². The molecule has 0 unspecified atom stereocenters. The molecule has 0 bridgehead atoms. The van der Waals surface area contributed by atoms with E-state index in [0.717, 1.165) is 0 Å². The Morgan fingerprint density at radius 1 is 1.20 bits per heavy atom. The van der Waals surface area contributed by atoms with Crippen molar-refractivity contribution in [3.05, 3.63) is 49.4 Å². The summed E-state index contributed by atoms with van der Waals surface area (Å²) < 4.78 is 5.54. The van der Waals surface area contributed by atoms with Crippen molar-refractivity contribution in [3.63, 3.8) is 0 Å². The normalized spacial score (nSPS) is 10.9. The zero-order valence-electron chi connectivity index (χ0n) is 12.3. The molecule has 1 amide bonds. The number of benzene rings is 2. The average molecular weight is 469 g/mol. The number of nitrogens with one attached hydrogen (secondary N) is 1. The summed E-state index contributed by atoms with van der Waals surface area (Å²) in [5.41, 5.74) is 2.69. The van der Waals surface area contributed by atoms with Gasteiger partial charge in [0.1, 0.15) is 0 Å². The predicted molar refractivity (Wildman–Crippen MR) is 100 cm³/mol. The summed E-state index contributed by atoms with van der Waals surface area (Å²) in [6.07, 6.45) is 1.28.